The molecule has 0 aliphatic rings. The molecule has 0 aromatic heterocycles. The van der Waals surface area contributed by atoms with Crippen molar-refractivity contribution >= 4 is 29.2 Å². The lowest BCUT2D eigenvalue weighted by Crippen LogP contribution is -2.17. The lowest BCUT2D eigenvalue weighted by Gasteiger charge is -2.18. The largest absolute Gasteiger partial charge is 0.478 e. The van der Waals surface area contributed by atoms with E-state index in [9.17, 15) is 19.5 Å². The Morgan fingerprint density at radius 1 is 0.781 bits per heavy atom. The van der Waals surface area contributed by atoms with Crippen molar-refractivity contribution in [3.8, 4) is 0 Å². The van der Waals surface area contributed by atoms with Gasteiger partial charge in [0.2, 0.25) is 5.91 Å². The van der Waals surface area contributed by atoms with Gasteiger partial charge in [0.15, 0.2) is 0 Å². The topological polar surface area (TPSA) is 107 Å². The highest BCUT2D eigenvalue weighted by molar-refractivity contribution is 5.97. The van der Waals surface area contributed by atoms with Crippen molar-refractivity contribution in [2.45, 2.75) is 51.4 Å². The van der Waals surface area contributed by atoms with E-state index in [1.54, 1.807) is 18.2 Å². The minimum absolute atomic E-state index is 0.111. The summed E-state index contributed by atoms with van der Waals surface area (Å²) in [6.45, 7) is 0. The third kappa shape index (κ3) is 8.06. The van der Waals surface area contributed by atoms with Crippen molar-refractivity contribution in [1.29, 1.82) is 0 Å². The van der Waals surface area contributed by atoms with Crippen molar-refractivity contribution < 1.29 is 24.6 Å². The summed E-state index contributed by atoms with van der Waals surface area (Å²) in [5.41, 5.74) is 2.88. The van der Waals surface area contributed by atoms with Crippen molar-refractivity contribution in [3.63, 3.8) is 0 Å². The fourth-order valence-corrected chi connectivity index (χ4v) is 3.51. The Morgan fingerprint density at radius 2 is 1.34 bits per heavy atom. The molecule has 0 aliphatic carbocycles. The van der Waals surface area contributed by atoms with Crippen LogP contribution in [0.5, 0.6) is 0 Å². The molecule has 0 radical (unpaired) electrons. The van der Waals surface area contributed by atoms with Crippen LogP contribution in [0.1, 0.15) is 71.2 Å². The van der Waals surface area contributed by atoms with Crippen LogP contribution in [0.2, 0.25) is 0 Å². The number of unbranched alkanes of at least 4 members (excludes halogenated alkanes) is 5. The zero-order valence-electron chi connectivity index (χ0n) is 18.8. The molecule has 7 heteroatoms. The van der Waals surface area contributed by atoms with E-state index in [1.807, 2.05) is 31.1 Å². The Bertz CT molecular complexity index is 922. The van der Waals surface area contributed by atoms with E-state index >= 15 is 0 Å². The van der Waals surface area contributed by atoms with Crippen molar-refractivity contribution in [2.24, 2.45) is 0 Å². The number of carbonyl (C=O) groups excluding carboxylic acids is 1. The lowest BCUT2D eigenvalue weighted by molar-refractivity contribution is -0.116. The summed E-state index contributed by atoms with van der Waals surface area (Å²) in [5, 5.41) is 20.9. The molecule has 3 N–H and O–H groups in total. The van der Waals surface area contributed by atoms with Crippen molar-refractivity contribution in [1.82, 2.24) is 0 Å². The van der Waals surface area contributed by atoms with E-state index in [4.69, 9.17) is 5.11 Å². The molecule has 7 nitrogen and oxygen atoms in total. The number of amides is 1. The Balaban J connectivity index is 1.64. The first-order valence-corrected chi connectivity index (χ1v) is 10.9. The predicted molar refractivity (Wildman–Crippen MR) is 126 cm³/mol. The number of nitrogens with zero attached hydrogens (tertiary/aromatic N) is 1. The van der Waals surface area contributed by atoms with E-state index < -0.39 is 11.9 Å². The molecule has 2 aromatic rings. The van der Waals surface area contributed by atoms with Gasteiger partial charge in [0.25, 0.3) is 0 Å². The van der Waals surface area contributed by atoms with Gasteiger partial charge in [-0.25, -0.2) is 9.59 Å². The van der Waals surface area contributed by atoms with Crippen LogP contribution in [-0.2, 0) is 11.2 Å². The predicted octanol–water partition coefficient (Wildman–Crippen LogP) is 5.06. The molecule has 2 aromatic carbocycles. The minimum atomic E-state index is -1.02. The second-order valence-corrected chi connectivity index (χ2v) is 8.10. The molecule has 32 heavy (non-hydrogen) atoms. The highest BCUT2D eigenvalue weighted by Gasteiger charge is 2.12. The molecule has 0 atom stereocenters. The van der Waals surface area contributed by atoms with Gasteiger partial charge in [-0.2, -0.15) is 0 Å². The van der Waals surface area contributed by atoms with Crippen molar-refractivity contribution in [3.05, 3.63) is 59.2 Å². The molecular formula is C25H32N2O5. The van der Waals surface area contributed by atoms with E-state index in [-0.39, 0.29) is 11.5 Å². The molecule has 172 valence electrons. The first-order chi connectivity index (χ1) is 15.3. The number of carbonyl (C=O) groups is 3. The summed E-state index contributed by atoms with van der Waals surface area (Å²) >= 11 is 0. The smallest absolute Gasteiger partial charge is 0.335 e. The Kier molecular flexibility index (Phi) is 9.73. The first kappa shape index (κ1) is 24.9. The number of nitrogens with one attached hydrogen (secondary N) is 1. The Morgan fingerprint density at radius 3 is 1.94 bits per heavy atom. The molecule has 0 heterocycles. The number of hydrogen-bond donors (Lipinski definition) is 3. The number of rotatable bonds is 13. The number of carboxylic acids is 2. The summed E-state index contributed by atoms with van der Waals surface area (Å²) < 4.78 is 0. The van der Waals surface area contributed by atoms with Crippen LogP contribution in [0, 0.1) is 0 Å². The standard InChI is InChI=1S/C25H32N2O5/c1-27(2)22-16-15-20(25(31)32)17-21(22)26-23(28)10-8-6-4-3-5-7-9-18-11-13-19(14-12-18)24(29)30/h11-17H,3-10H2,1-2H3,(H,26,28)(H,29,30)(H,31,32). The highest BCUT2D eigenvalue weighted by Crippen LogP contribution is 2.26. The van der Waals surface area contributed by atoms with E-state index in [0.29, 0.717) is 17.7 Å². The fourth-order valence-electron chi connectivity index (χ4n) is 3.51. The first-order valence-electron chi connectivity index (χ1n) is 10.9. The molecule has 0 fully saturated rings. The normalized spacial score (nSPS) is 10.6. The summed E-state index contributed by atoms with van der Waals surface area (Å²) in [5.74, 6) is -2.04. The number of aryl methyl sites for hydroxylation is 1. The van der Waals surface area contributed by atoms with Crippen LogP contribution in [0.4, 0.5) is 11.4 Å². The maximum Gasteiger partial charge on any atom is 0.335 e. The summed E-state index contributed by atoms with van der Waals surface area (Å²) in [7, 11) is 3.69. The maximum absolute atomic E-state index is 12.3. The third-order valence-corrected chi connectivity index (χ3v) is 5.32. The number of hydrogen-bond acceptors (Lipinski definition) is 4. The summed E-state index contributed by atoms with van der Waals surface area (Å²) in [6.07, 6.45) is 7.41. The zero-order chi connectivity index (χ0) is 23.5. The lowest BCUT2D eigenvalue weighted by atomic mass is 10.0. The van der Waals surface area contributed by atoms with Gasteiger partial charge in [-0.15, -0.1) is 0 Å². The molecule has 0 spiro atoms. The molecular weight excluding hydrogens is 408 g/mol. The van der Waals surface area contributed by atoms with Gasteiger partial charge < -0.3 is 20.4 Å². The van der Waals surface area contributed by atoms with Crippen molar-refractivity contribution in [2.75, 3.05) is 24.3 Å². The van der Waals surface area contributed by atoms with Crippen LogP contribution in [0.25, 0.3) is 0 Å². The van der Waals surface area contributed by atoms with Gasteiger partial charge in [-0.1, -0.05) is 37.8 Å². The second kappa shape index (κ2) is 12.5. The van der Waals surface area contributed by atoms with Crippen LogP contribution in [0.3, 0.4) is 0 Å². The molecule has 0 saturated heterocycles. The number of carboxylic acid groups (broad SMARTS) is 2. The fraction of sp³-hybridized carbons (Fsp3) is 0.400. The third-order valence-electron chi connectivity index (χ3n) is 5.32. The maximum atomic E-state index is 12.3. The summed E-state index contributed by atoms with van der Waals surface area (Å²) in [4.78, 5) is 36.2. The van der Waals surface area contributed by atoms with Gasteiger partial charge in [0.05, 0.1) is 22.5 Å². The molecule has 2 rings (SSSR count). The summed E-state index contributed by atoms with van der Waals surface area (Å²) in [6, 6.07) is 11.7. The number of aromatic carboxylic acids is 2. The molecule has 0 unspecified atom stereocenters. The van der Waals surface area contributed by atoms with Gasteiger partial charge in [0.1, 0.15) is 0 Å². The number of anilines is 2. The van der Waals surface area contributed by atoms with Crippen LogP contribution < -0.4 is 10.2 Å². The van der Waals surface area contributed by atoms with E-state index in [1.165, 1.54) is 12.1 Å². The average Bonchev–Trinajstić information content (AvgIpc) is 2.75. The molecule has 0 aliphatic heterocycles. The molecule has 0 saturated carbocycles. The van der Waals surface area contributed by atoms with Crippen LogP contribution in [-0.4, -0.2) is 42.2 Å². The molecule has 1 amide bonds. The minimum Gasteiger partial charge on any atom is -0.478 e. The SMILES string of the molecule is CN(C)c1ccc(C(=O)O)cc1NC(=O)CCCCCCCCc1ccc(C(=O)O)cc1. The zero-order valence-corrected chi connectivity index (χ0v) is 18.8. The quantitative estimate of drug-likeness (QED) is 0.376. The Hall–Kier alpha value is -3.35. The van der Waals surface area contributed by atoms with Gasteiger partial charge >= 0.3 is 11.9 Å². The van der Waals surface area contributed by atoms with Gasteiger partial charge in [-0.05, 0) is 55.2 Å². The number of benzene rings is 2. The van der Waals surface area contributed by atoms with Crippen LogP contribution >= 0.6 is 0 Å². The van der Waals surface area contributed by atoms with Crippen LogP contribution in [0.15, 0.2) is 42.5 Å². The second-order valence-electron chi connectivity index (χ2n) is 8.10. The molecule has 0 bridgehead atoms. The van der Waals surface area contributed by atoms with E-state index in [2.05, 4.69) is 5.32 Å². The average molecular weight is 441 g/mol. The van der Waals surface area contributed by atoms with Gasteiger partial charge in [-0.3, -0.25) is 4.79 Å². The monoisotopic (exact) mass is 440 g/mol. The van der Waals surface area contributed by atoms with Gasteiger partial charge in [0, 0.05) is 20.5 Å². The van der Waals surface area contributed by atoms with E-state index in [0.717, 1.165) is 56.2 Å². The Labute approximate surface area is 189 Å². The highest BCUT2D eigenvalue weighted by atomic mass is 16.4.